The number of carboxylic acids is 2. The third kappa shape index (κ3) is 7.14. The second-order valence-corrected chi connectivity index (χ2v) is 4.69. The monoisotopic (exact) mass is 304 g/mol. The molecule has 21 heavy (non-hydrogen) atoms. The van der Waals surface area contributed by atoms with Gasteiger partial charge < -0.3 is 25.6 Å². The second-order valence-electron chi connectivity index (χ2n) is 4.69. The topological polar surface area (TPSA) is 142 Å². The maximum atomic E-state index is 11.7. The Morgan fingerprint density at radius 2 is 1.67 bits per heavy atom. The molecular weight excluding hydrogens is 284 g/mol. The fraction of sp³-hybridized carbons (Fsp3) is 0.667. The fourth-order valence-corrected chi connectivity index (χ4v) is 1.49. The number of carbonyl (C=O) groups is 4. The molecule has 0 spiro atoms. The van der Waals surface area contributed by atoms with Crippen LogP contribution in [0.2, 0.25) is 0 Å². The molecule has 0 radical (unpaired) electrons. The van der Waals surface area contributed by atoms with Gasteiger partial charge in [0, 0.05) is 6.42 Å². The molecule has 9 nitrogen and oxygen atoms in total. The van der Waals surface area contributed by atoms with Crippen molar-refractivity contribution in [3.05, 3.63) is 0 Å². The van der Waals surface area contributed by atoms with Gasteiger partial charge in [0.15, 0.2) is 0 Å². The van der Waals surface area contributed by atoms with Crippen molar-refractivity contribution in [1.82, 2.24) is 10.6 Å². The first-order chi connectivity index (χ1) is 9.68. The smallest absolute Gasteiger partial charge is 0.328 e. The third-order valence-electron chi connectivity index (χ3n) is 2.66. The zero-order valence-electron chi connectivity index (χ0n) is 12.1. The van der Waals surface area contributed by atoms with Gasteiger partial charge in [-0.25, -0.2) is 14.4 Å². The van der Waals surface area contributed by atoms with Crippen molar-refractivity contribution in [3.63, 3.8) is 0 Å². The Kier molecular flexibility index (Phi) is 7.80. The van der Waals surface area contributed by atoms with E-state index >= 15 is 0 Å². The number of amides is 2. The largest absolute Gasteiger partial charge is 0.481 e. The molecule has 0 aromatic heterocycles. The summed E-state index contributed by atoms with van der Waals surface area (Å²) in [6.07, 6.45) is -0.662. The lowest BCUT2D eigenvalue weighted by Gasteiger charge is -2.21. The van der Waals surface area contributed by atoms with Gasteiger partial charge >= 0.3 is 23.9 Å². The number of rotatable bonds is 8. The summed E-state index contributed by atoms with van der Waals surface area (Å²) in [5.74, 6) is -3.44. The summed E-state index contributed by atoms with van der Waals surface area (Å²) in [6.45, 7) is 3.36. The summed E-state index contributed by atoms with van der Waals surface area (Å²) in [6, 6.07) is -3.16. The molecule has 1 unspecified atom stereocenters. The molecule has 4 N–H and O–H groups in total. The second kappa shape index (κ2) is 8.77. The highest BCUT2D eigenvalue weighted by Crippen LogP contribution is 2.04. The van der Waals surface area contributed by atoms with Gasteiger partial charge in [-0.1, -0.05) is 13.8 Å². The number of ether oxygens (including phenoxy) is 1. The molecule has 0 fully saturated rings. The Morgan fingerprint density at radius 3 is 2.05 bits per heavy atom. The SMILES string of the molecule is COC(=O)C(NC(=O)N[C@@H](CCC(=O)O)C(=O)O)C(C)C. The first-order valence-electron chi connectivity index (χ1n) is 6.28. The first kappa shape index (κ1) is 18.7. The van der Waals surface area contributed by atoms with Gasteiger partial charge in [-0.05, 0) is 12.3 Å². The van der Waals surface area contributed by atoms with Crippen LogP contribution in [-0.4, -0.2) is 53.3 Å². The Bertz CT molecular complexity index is 408. The highest BCUT2D eigenvalue weighted by atomic mass is 16.5. The van der Waals surface area contributed by atoms with Crippen molar-refractivity contribution in [2.75, 3.05) is 7.11 Å². The number of carboxylic acid groups (broad SMARTS) is 2. The first-order valence-corrected chi connectivity index (χ1v) is 6.28. The van der Waals surface area contributed by atoms with E-state index < -0.39 is 42.4 Å². The minimum atomic E-state index is -1.36. The number of methoxy groups -OCH3 is 1. The van der Waals surface area contributed by atoms with E-state index in [1.54, 1.807) is 13.8 Å². The molecule has 0 aromatic rings. The van der Waals surface area contributed by atoms with Crippen molar-refractivity contribution in [1.29, 1.82) is 0 Å². The number of aliphatic carboxylic acids is 2. The lowest BCUT2D eigenvalue weighted by Crippen LogP contribution is -2.53. The molecule has 0 aliphatic rings. The molecule has 2 atom stereocenters. The van der Waals surface area contributed by atoms with E-state index in [0.717, 1.165) is 0 Å². The normalized spacial score (nSPS) is 13.1. The minimum Gasteiger partial charge on any atom is -0.481 e. The zero-order chi connectivity index (χ0) is 16.6. The quantitative estimate of drug-likeness (QED) is 0.455. The standard InChI is InChI=1S/C12H20N2O7/c1-6(2)9(11(19)21-3)14-12(20)13-7(10(17)18)4-5-8(15)16/h6-7,9H,4-5H2,1-3H3,(H,15,16)(H,17,18)(H2,13,14,20)/t7-,9?/m0/s1. The number of urea groups is 1. The van der Waals surface area contributed by atoms with Crippen LogP contribution >= 0.6 is 0 Å². The van der Waals surface area contributed by atoms with Gasteiger partial charge in [0.25, 0.3) is 0 Å². The lowest BCUT2D eigenvalue weighted by molar-refractivity contribution is -0.144. The maximum Gasteiger partial charge on any atom is 0.328 e. The van der Waals surface area contributed by atoms with E-state index in [2.05, 4.69) is 15.4 Å². The van der Waals surface area contributed by atoms with Crippen LogP contribution in [0.25, 0.3) is 0 Å². The van der Waals surface area contributed by atoms with E-state index in [9.17, 15) is 19.2 Å². The van der Waals surface area contributed by atoms with Crippen LogP contribution < -0.4 is 10.6 Å². The van der Waals surface area contributed by atoms with Gasteiger partial charge in [0.05, 0.1) is 7.11 Å². The number of hydrogen-bond acceptors (Lipinski definition) is 5. The highest BCUT2D eigenvalue weighted by molar-refractivity contribution is 5.86. The van der Waals surface area contributed by atoms with Gasteiger partial charge in [0.1, 0.15) is 12.1 Å². The van der Waals surface area contributed by atoms with E-state index in [0.29, 0.717) is 0 Å². The molecule has 9 heteroatoms. The molecule has 0 heterocycles. The molecule has 0 bridgehead atoms. The Morgan fingerprint density at radius 1 is 1.10 bits per heavy atom. The van der Waals surface area contributed by atoms with Crippen molar-refractivity contribution < 1.29 is 34.1 Å². The third-order valence-corrected chi connectivity index (χ3v) is 2.66. The predicted molar refractivity (Wildman–Crippen MR) is 70.6 cm³/mol. The Hall–Kier alpha value is -2.32. The number of carbonyl (C=O) groups excluding carboxylic acids is 2. The molecule has 0 aromatic carbocycles. The van der Waals surface area contributed by atoms with E-state index in [-0.39, 0.29) is 12.3 Å². The van der Waals surface area contributed by atoms with Crippen LogP contribution in [0.4, 0.5) is 4.79 Å². The molecule has 0 saturated carbocycles. The van der Waals surface area contributed by atoms with Gasteiger partial charge in [-0.2, -0.15) is 0 Å². The molecule has 120 valence electrons. The maximum absolute atomic E-state index is 11.7. The lowest BCUT2D eigenvalue weighted by atomic mass is 10.1. The molecule has 0 rings (SSSR count). The average molecular weight is 304 g/mol. The van der Waals surface area contributed by atoms with Gasteiger partial charge in [-0.3, -0.25) is 4.79 Å². The number of hydrogen-bond donors (Lipinski definition) is 4. The summed E-state index contributed by atoms with van der Waals surface area (Å²) in [5.41, 5.74) is 0. The van der Waals surface area contributed by atoms with Crippen molar-refractivity contribution >= 4 is 23.9 Å². The Labute approximate surface area is 121 Å². The van der Waals surface area contributed by atoms with Crippen LogP contribution in [0.15, 0.2) is 0 Å². The van der Waals surface area contributed by atoms with Crippen molar-refractivity contribution in [2.24, 2.45) is 5.92 Å². The molecule has 0 aliphatic heterocycles. The van der Waals surface area contributed by atoms with E-state index in [1.165, 1.54) is 7.11 Å². The van der Waals surface area contributed by atoms with Gasteiger partial charge in [-0.15, -0.1) is 0 Å². The van der Waals surface area contributed by atoms with Crippen LogP contribution in [0.3, 0.4) is 0 Å². The van der Waals surface area contributed by atoms with E-state index in [1.807, 2.05) is 0 Å². The molecule has 0 saturated heterocycles. The predicted octanol–water partition coefficient (Wildman–Crippen LogP) is -0.199. The minimum absolute atomic E-state index is 0.259. The number of nitrogens with one attached hydrogen (secondary N) is 2. The van der Waals surface area contributed by atoms with Gasteiger partial charge in [0.2, 0.25) is 0 Å². The zero-order valence-corrected chi connectivity index (χ0v) is 12.1. The summed E-state index contributed by atoms with van der Waals surface area (Å²) in [7, 11) is 1.17. The van der Waals surface area contributed by atoms with Crippen LogP contribution in [0, 0.1) is 5.92 Å². The fourth-order valence-electron chi connectivity index (χ4n) is 1.49. The summed E-state index contributed by atoms with van der Waals surface area (Å²) in [5, 5.41) is 21.8. The van der Waals surface area contributed by atoms with E-state index in [4.69, 9.17) is 10.2 Å². The van der Waals surface area contributed by atoms with Crippen LogP contribution in [-0.2, 0) is 19.1 Å². The average Bonchev–Trinajstić information content (AvgIpc) is 2.38. The van der Waals surface area contributed by atoms with Crippen molar-refractivity contribution in [3.8, 4) is 0 Å². The van der Waals surface area contributed by atoms with Crippen LogP contribution in [0.5, 0.6) is 0 Å². The van der Waals surface area contributed by atoms with Crippen molar-refractivity contribution in [2.45, 2.75) is 38.8 Å². The summed E-state index contributed by atoms with van der Waals surface area (Å²) < 4.78 is 4.53. The number of esters is 1. The van der Waals surface area contributed by atoms with Crippen LogP contribution in [0.1, 0.15) is 26.7 Å². The summed E-state index contributed by atoms with van der Waals surface area (Å²) in [4.78, 5) is 44.5. The molecular formula is C12H20N2O7. The molecule has 2 amide bonds. The highest BCUT2D eigenvalue weighted by Gasteiger charge is 2.27. The summed E-state index contributed by atoms with van der Waals surface area (Å²) >= 11 is 0. The Balaban J connectivity index is 4.64. The molecule has 0 aliphatic carbocycles.